The maximum absolute atomic E-state index is 13.3. The van der Waals surface area contributed by atoms with E-state index in [-0.39, 0.29) is 0 Å². The molecule has 1 rings (SSSR count). The maximum Gasteiger partial charge on any atom is 0.238 e. The average molecular weight is 245 g/mol. The topological polar surface area (TPSA) is 63.2 Å². The first-order chi connectivity index (χ1) is 7.41. The van der Waals surface area contributed by atoms with Crippen LogP contribution in [0.3, 0.4) is 0 Å². The molecule has 0 radical (unpaired) electrons. The van der Waals surface area contributed by atoms with E-state index in [1.807, 2.05) is 0 Å². The van der Waals surface area contributed by atoms with Crippen LogP contribution in [0.5, 0.6) is 0 Å². The van der Waals surface area contributed by atoms with Crippen LogP contribution in [0.2, 0.25) is 0 Å². The molecule has 0 saturated heterocycles. The fraction of sp³-hybridized carbons (Fsp3) is 0.300. The molecule has 1 atom stereocenters. The van der Waals surface area contributed by atoms with Crippen LogP contribution in [0.25, 0.3) is 0 Å². The highest BCUT2D eigenvalue weighted by molar-refractivity contribution is 7.92. The Hall–Kier alpha value is -1.43. The number of rotatable bonds is 3. The molecule has 1 N–H and O–H groups in total. The summed E-state index contributed by atoms with van der Waals surface area (Å²) in [5.41, 5.74) is 0. The SMILES string of the molecule is CNC(=O)C(C)S(=O)(=O)c1ccccc1F. The van der Waals surface area contributed by atoms with Gasteiger partial charge in [-0.3, -0.25) is 4.79 Å². The molecule has 0 aliphatic carbocycles. The third-order valence-electron chi connectivity index (χ3n) is 2.22. The molecule has 0 saturated carbocycles. The number of hydrogen-bond acceptors (Lipinski definition) is 3. The van der Waals surface area contributed by atoms with Crippen molar-refractivity contribution in [2.45, 2.75) is 17.1 Å². The molecule has 0 fully saturated rings. The molecule has 0 aromatic heterocycles. The quantitative estimate of drug-likeness (QED) is 0.854. The van der Waals surface area contributed by atoms with Gasteiger partial charge in [0.1, 0.15) is 16.0 Å². The van der Waals surface area contributed by atoms with E-state index in [1.54, 1.807) is 0 Å². The van der Waals surface area contributed by atoms with Crippen LogP contribution in [-0.2, 0) is 14.6 Å². The molecule has 1 unspecified atom stereocenters. The number of sulfone groups is 1. The van der Waals surface area contributed by atoms with Gasteiger partial charge in [0.05, 0.1) is 0 Å². The van der Waals surface area contributed by atoms with Crippen molar-refractivity contribution < 1.29 is 17.6 Å². The molecule has 0 spiro atoms. The molecule has 6 heteroatoms. The Morgan fingerprint density at radius 1 is 1.38 bits per heavy atom. The minimum atomic E-state index is -3.97. The van der Waals surface area contributed by atoms with E-state index in [4.69, 9.17) is 0 Å². The summed E-state index contributed by atoms with van der Waals surface area (Å²) in [6, 6.07) is 4.99. The number of hydrogen-bond donors (Lipinski definition) is 1. The van der Waals surface area contributed by atoms with Gasteiger partial charge in [-0.15, -0.1) is 0 Å². The number of carbonyl (C=O) groups excluding carboxylic acids is 1. The van der Waals surface area contributed by atoms with Gasteiger partial charge in [0.25, 0.3) is 0 Å². The second-order valence-electron chi connectivity index (χ2n) is 3.23. The van der Waals surface area contributed by atoms with Crippen molar-refractivity contribution in [2.24, 2.45) is 0 Å². The number of benzene rings is 1. The summed E-state index contributed by atoms with van der Waals surface area (Å²) >= 11 is 0. The lowest BCUT2D eigenvalue weighted by atomic mass is 10.3. The van der Waals surface area contributed by atoms with Crippen LogP contribution in [0.4, 0.5) is 4.39 Å². The number of halogens is 1. The molecule has 4 nitrogen and oxygen atoms in total. The largest absolute Gasteiger partial charge is 0.358 e. The Morgan fingerprint density at radius 2 is 1.94 bits per heavy atom. The lowest BCUT2D eigenvalue weighted by Crippen LogP contribution is -2.36. The summed E-state index contributed by atoms with van der Waals surface area (Å²) in [4.78, 5) is 10.8. The summed E-state index contributed by atoms with van der Waals surface area (Å²) in [5, 5.41) is 0.909. The van der Waals surface area contributed by atoms with E-state index >= 15 is 0 Å². The van der Waals surface area contributed by atoms with Crippen LogP contribution >= 0.6 is 0 Å². The monoisotopic (exact) mass is 245 g/mol. The first-order valence-corrected chi connectivity index (χ1v) is 6.16. The molecule has 88 valence electrons. The van der Waals surface area contributed by atoms with Crippen LogP contribution < -0.4 is 5.32 Å². The van der Waals surface area contributed by atoms with Gasteiger partial charge in [0, 0.05) is 7.05 Å². The minimum absolute atomic E-state index is 0.453. The molecular weight excluding hydrogens is 233 g/mol. The van der Waals surface area contributed by atoms with Crippen molar-refractivity contribution in [2.75, 3.05) is 7.05 Å². The van der Waals surface area contributed by atoms with Crippen LogP contribution in [-0.4, -0.2) is 26.6 Å². The Labute approximate surface area is 93.4 Å². The van der Waals surface area contributed by atoms with Crippen LogP contribution in [0.1, 0.15) is 6.92 Å². The van der Waals surface area contributed by atoms with E-state index in [9.17, 15) is 17.6 Å². The van der Waals surface area contributed by atoms with Crippen molar-refractivity contribution in [3.63, 3.8) is 0 Å². The Morgan fingerprint density at radius 3 is 2.44 bits per heavy atom. The lowest BCUT2D eigenvalue weighted by Gasteiger charge is -2.11. The average Bonchev–Trinajstić information content (AvgIpc) is 2.27. The molecule has 1 amide bonds. The van der Waals surface area contributed by atoms with Gasteiger partial charge >= 0.3 is 0 Å². The third-order valence-corrected chi connectivity index (χ3v) is 4.31. The zero-order valence-corrected chi connectivity index (χ0v) is 9.71. The molecule has 1 aromatic carbocycles. The third kappa shape index (κ3) is 2.21. The zero-order chi connectivity index (χ0) is 12.3. The molecule has 16 heavy (non-hydrogen) atoms. The highest BCUT2D eigenvalue weighted by Gasteiger charge is 2.30. The summed E-state index contributed by atoms with van der Waals surface area (Å²) in [7, 11) is -2.64. The van der Waals surface area contributed by atoms with Gasteiger partial charge < -0.3 is 5.32 Å². The van der Waals surface area contributed by atoms with Crippen molar-refractivity contribution >= 4 is 15.7 Å². The first kappa shape index (κ1) is 12.6. The molecule has 0 heterocycles. The molecule has 1 aromatic rings. The maximum atomic E-state index is 13.3. The van der Waals surface area contributed by atoms with Crippen LogP contribution in [0.15, 0.2) is 29.2 Å². The number of nitrogens with one attached hydrogen (secondary N) is 1. The van der Waals surface area contributed by atoms with E-state index in [0.29, 0.717) is 0 Å². The fourth-order valence-electron chi connectivity index (χ4n) is 1.21. The van der Waals surface area contributed by atoms with Crippen molar-refractivity contribution in [1.29, 1.82) is 0 Å². The van der Waals surface area contributed by atoms with Crippen LogP contribution in [0, 0.1) is 5.82 Å². The summed E-state index contributed by atoms with van der Waals surface area (Å²) in [6.07, 6.45) is 0. The normalized spacial score (nSPS) is 13.2. The smallest absolute Gasteiger partial charge is 0.238 e. The van der Waals surface area contributed by atoms with Gasteiger partial charge in [-0.05, 0) is 19.1 Å². The van der Waals surface area contributed by atoms with Gasteiger partial charge in [0.2, 0.25) is 5.91 Å². The Balaban J connectivity index is 3.23. The highest BCUT2D eigenvalue weighted by Crippen LogP contribution is 2.19. The summed E-state index contributed by atoms with van der Waals surface area (Å²) in [6.45, 7) is 1.22. The standard InChI is InChI=1S/C10H12FNO3S/c1-7(10(13)12-2)16(14,15)9-6-4-3-5-8(9)11/h3-7H,1-2H3,(H,12,13). The van der Waals surface area contributed by atoms with Crippen molar-refractivity contribution in [3.05, 3.63) is 30.1 Å². The molecule has 0 aliphatic rings. The van der Waals surface area contributed by atoms with Gasteiger partial charge in [-0.2, -0.15) is 0 Å². The van der Waals surface area contributed by atoms with E-state index in [0.717, 1.165) is 12.1 Å². The van der Waals surface area contributed by atoms with Crippen molar-refractivity contribution in [1.82, 2.24) is 5.32 Å². The molecule has 0 aliphatic heterocycles. The second kappa shape index (κ2) is 4.61. The molecule has 0 bridgehead atoms. The Bertz CT molecular complexity index is 499. The molecular formula is C10H12FNO3S. The highest BCUT2D eigenvalue weighted by atomic mass is 32.2. The second-order valence-corrected chi connectivity index (χ2v) is 5.47. The predicted octanol–water partition coefficient (Wildman–Crippen LogP) is 0.734. The zero-order valence-electron chi connectivity index (χ0n) is 8.90. The van der Waals surface area contributed by atoms with Gasteiger partial charge in [-0.25, -0.2) is 12.8 Å². The van der Waals surface area contributed by atoms with Crippen molar-refractivity contribution in [3.8, 4) is 0 Å². The van der Waals surface area contributed by atoms with E-state index in [2.05, 4.69) is 5.32 Å². The first-order valence-electron chi connectivity index (χ1n) is 4.61. The minimum Gasteiger partial charge on any atom is -0.358 e. The van der Waals surface area contributed by atoms with E-state index in [1.165, 1.54) is 26.1 Å². The number of amides is 1. The summed E-state index contributed by atoms with van der Waals surface area (Å²) < 4.78 is 37.0. The Kier molecular flexibility index (Phi) is 3.64. The number of carbonyl (C=O) groups is 1. The fourth-order valence-corrected chi connectivity index (χ4v) is 2.60. The van der Waals surface area contributed by atoms with Gasteiger partial charge in [-0.1, -0.05) is 12.1 Å². The lowest BCUT2D eigenvalue weighted by molar-refractivity contribution is -0.119. The van der Waals surface area contributed by atoms with E-state index < -0.39 is 31.7 Å². The van der Waals surface area contributed by atoms with Gasteiger partial charge in [0.15, 0.2) is 9.84 Å². The summed E-state index contributed by atoms with van der Waals surface area (Å²) in [5.74, 6) is -1.51. The predicted molar refractivity (Wildman–Crippen MR) is 57.1 cm³/mol.